The van der Waals surface area contributed by atoms with Crippen LogP contribution in [0.4, 0.5) is 0 Å². The van der Waals surface area contributed by atoms with Gasteiger partial charge in [0.15, 0.2) is 0 Å². The summed E-state index contributed by atoms with van der Waals surface area (Å²) in [4.78, 5) is 13.6. The van der Waals surface area contributed by atoms with Gasteiger partial charge >= 0.3 is 0 Å². The normalized spacial score (nSPS) is 18.1. The topological polar surface area (TPSA) is 40.5 Å². The molecule has 1 fully saturated rings. The van der Waals surface area contributed by atoms with E-state index in [2.05, 4.69) is 0 Å². The molecule has 86 valence electrons. The highest BCUT2D eigenvalue weighted by Gasteiger charge is 2.42. The van der Waals surface area contributed by atoms with Gasteiger partial charge in [-0.1, -0.05) is 24.6 Å². The van der Waals surface area contributed by atoms with Gasteiger partial charge < -0.3 is 10.0 Å². The molecule has 1 aliphatic heterocycles. The van der Waals surface area contributed by atoms with Crippen molar-refractivity contribution in [1.82, 2.24) is 4.90 Å². The second kappa shape index (κ2) is 3.91. The van der Waals surface area contributed by atoms with Crippen LogP contribution >= 0.6 is 0 Å². The SMILES string of the molecule is CCC1(O)CN(C(=O)c2ccc(C)cc2)C1. The van der Waals surface area contributed by atoms with Gasteiger partial charge in [-0.3, -0.25) is 4.79 Å². The largest absolute Gasteiger partial charge is 0.386 e. The molecule has 1 amide bonds. The van der Waals surface area contributed by atoms with E-state index in [1.807, 2.05) is 38.1 Å². The molecular weight excluding hydrogens is 202 g/mol. The molecule has 1 saturated heterocycles. The number of aryl methyl sites for hydroxylation is 1. The van der Waals surface area contributed by atoms with Gasteiger partial charge in [0.25, 0.3) is 5.91 Å². The third-order valence-electron chi connectivity index (χ3n) is 3.21. The summed E-state index contributed by atoms with van der Waals surface area (Å²) in [5, 5.41) is 9.84. The van der Waals surface area contributed by atoms with Crippen molar-refractivity contribution in [3.63, 3.8) is 0 Å². The van der Waals surface area contributed by atoms with Crippen LogP contribution < -0.4 is 0 Å². The van der Waals surface area contributed by atoms with Crippen molar-refractivity contribution in [3.05, 3.63) is 35.4 Å². The van der Waals surface area contributed by atoms with Crippen molar-refractivity contribution in [2.24, 2.45) is 0 Å². The third kappa shape index (κ3) is 1.95. The van der Waals surface area contributed by atoms with Crippen LogP contribution in [0.25, 0.3) is 0 Å². The first-order chi connectivity index (χ1) is 7.54. The van der Waals surface area contributed by atoms with Crippen LogP contribution in [0, 0.1) is 6.92 Å². The van der Waals surface area contributed by atoms with Crippen LogP contribution in [0.2, 0.25) is 0 Å². The maximum atomic E-state index is 12.0. The molecule has 0 aliphatic carbocycles. The van der Waals surface area contributed by atoms with Gasteiger partial charge in [0.2, 0.25) is 0 Å². The fourth-order valence-electron chi connectivity index (χ4n) is 1.91. The van der Waals surface area contributed by atoms with E-state index < -0.39 is 5.60 Å². The number of hydrogen-bond acceptors (Lipinski definition) is 2. The number of β-amino-alcohol motifs (C(OH)–C–C–N with tert-alkyl or cyclic N) is 1. The van der Waals surface area contributed by atoms with E-state index in [0.29, 0.717) is 25.1 Å². The highest BCUT2D eigenvalue weighted by molar-refractivity contribution is 5.95. The first-order valence-corrected chi connectivity index (χ1v) is 5.62. The molecule has 0 bridgehead atoms. The molecule has 1 heterocycles. The molecule has 0 radical (unpaired) electrons. The highest BCUT2D eigenvalue weighted by atomic mass is 16.3. The van der Waals surface area contributed by atoms with E-state index in [9.17, 15) is 9.90 Å². The molecule has 16 heavy (non-hydrogen) atoms. The fraction of sp³-hybridized carbons (Fsp3) is 0.462. The van der Waals surface area contributed by atoms with Gasteiger partial charge in [-0.05, 0) is 25.5 Å². The minimum atomic E-state index is -0.652. The average Bonchev–Trinajstić information content (AvgIpc) is 2.25. The standard InChI is InChI=1S/C13H17NO2/c1-3-13(16)8-14(9-13)12(15)11-6-4-10(2)5-7-11/h4-7,16H,3,8-9H2,1-2H3. The number of carbonyl (C=O) groups excluding carboxylic acids is 1. The zero-order valence-corrected chi connectivity index (χ0v) is 9.73. The lowest BCUT2D eigenvalue weighted by Gasteiger charge is -2.46. The van der Waals surface area contributed by atoms with Gasteiger partial charge in [-0.2, -0.15) is 0 Å². The molecule has 1 N–H and O–H groups in total. The maximum Gasteiger partial charge on any atom is 0.254 e. The van der Waals surface area contributed by atoms with Crippen molar-refractivity contribution in [2.45, 2.75) is 25.9 Å². The quantitative estimate of drug-likeness (QED) is 0.820. The third-order valence-corrected chi connectivity index (χ3v) is 3.21. The summed E-state index contributed by atoms with van der Waals surface area (Å²) in [6.45, 7) is 4.84. The lowest BCUT2D eigenvalue weighted by Crippen LogP contribution is -2.63. The van der Waals surface area contributed by atoms with Crippen LogP contribution in [0.1, 0.15) is 29.3 Å². The van der Waals surface area contributed by atoms with Gasteiger partial charge in [-0.15, -0.1) is 0 Å². The Bertz CT molecular complexity index is 391. The predicted octanol–water partition coefficient (Wildman–Crippen LogP) is 1.59. The molecular formula is C13H17NO2. The minimum Gasteiger partial charge on any atom is -0.386 e. The Kier molecular flexibility index (Phi) is 2.72. The summed E-state index contributed by atoms with van der Waals surface area (Å²) < 4.78 is 0. The van der Waals surface area contributed by atoms with Crippen LogP contribution in [-0.4, -0.2) is 34.6 Å². The average molecular weight is 219 g/mol. The van der Waals surface area contributed by atoms with Crippen LogP contribution in [0.5, 0.6) is 0 Å². The zero-order valence-electron chi connectivity index (χ0n) is 9.73. The summed E-state index contributed by atoms with van der Waals surface area (Å²) in [6, 6.07) is 7.53. The number of benzene rings is 1. The van der Waals surface area contributed by atoms with E-state index >= 15 is 0 Å². The van der Waals surface area contributed by atoms with Crippen molar-refractivity contribution in [2.75, 3.05) is 13.1 Å². The van der Waals surface area contributed by atoms with E-state index in [4.69, 9.17) is 0 Å². The number of rotatable bonds is 2. The summed E-state index contributed by atoms with van der Waals surface area (Å²) >= 11 is 0. The number of hydrogen-bond donors (Lipinski definition) is 1. The predicted molar refractivity (Wildman–Crippen MR) is 62.3 cm³/mol. The molecule has 0 saturated carbocycles. The lowest BCUT2D eigenvalue weighted by molar-refractivity contribution is -0.0826. The molecule has 1 aliphatic rings. The van der Waals surface area contributed by atoms with Crippen molar-refractivity contribution in [1.29, 1.82) is 0 Å². The Hall–Kier alpha value is -1.35. The monoisotopic (exact) mass is 219 g/mol. The Labute approximate surface area is 95.7 Å². The van der Waals surface area contributed by atoms with Gasteiger partial charge in [0, 0.05) is 5.56 Å². The number of nitrogens with zero attached hydrogens (tertiary/aromatic N) is 1. The molecule has 2 rings (SSSR count). The molecule has 1 aromatic carbocycles. The Morgan fingerprint density at radius 2 is 1.94 bits per heavy atom. The maximum absolute atomic E-state index is 12.0. The van der Waals surface area contributed by atoms with E-state index in [1.54, 1.807) is 4.90 Å². The van der Waals surface area contributed by atoms with Gasteiger partial charge in [-0.25, -0.2) is 0 Å². The first-order valence-electron chi connectivity index (χ1n) is 5.62. The second-order valence-corrected chi connectivity index (χ2v) is 4.61. The van der Waals surface area contributed by atoms with Crippen molar-refractivity contribution >= 4 is 5.91 Å². The Morgan fingerprint density at radius 3 is 2.44 bits per heavy atom. The van der Waals surface area contributed by atoms with Gasteiger partial charge in [0.1, 0.15) is 0 Å². The Morgan fingerprint density at radius 1 is 1.38 bits per heavy atom. The second-order valence-electron chi connectivity index (χ2n) is 4.61. The summed E-state index contributed by atoms with van der Waals surface area (Å²) in [5.41, 5.74) is 1.19. The first kappa shape index (κ1) is 11.1. The minimum absolute atomic E-state index is 0.0122. The van der Waals surface area contributed by atoms with Crippen LogP contribution in [-0.2, 0) is 0 Å². The molecule has 3 heteroatoms. The fourth-order valence-corrected chi connectivity index (χ4v) is 1.91. The molecule has 0 unspecified atom stereocenters. The molecule has 0 aromatic heterocycles. The number of amides is 1. The number of carbonyl (C=O) groups is 1. The molecule has 0 spiro atoms. The van der Waals surface area contributed by atoms with Crippen molar-refractivity contribution in [3.8, 4) is 0 Å². The zero-order chi connectivity index (χ0) is 11.8. The van der Waals surface area contributed by atoms with Crippen LogP contribution in [0.3, 0.4) is 0 Å². The summed E-state index contributed by atoms with van der Waals surface area (Å²) in [6.07, 6.45) is 0.699. The molecule has 0 atom stereocenters. The Balaban J connectivity index is 2.03. The molecule has 1 aromatic rings. The van der Waals surface area contributed by atoms with Gasteiger partial charge in [0.05, 0.1) is 18.7 Å². The number of aliphatic hydroxyl groups is 1. The van der Waals surface area contributed by atoms with Crippen molar-refractivity contribution < 1.29 is 9.90 Å². The van der Waals surface area contributed by atoms with E-state index in [1.165, 1.54) is 0 Å². The smallest absolute Gasteiger partial charge is 0.254 e. The summed E-state index contributed by atoms with van der Waals surface area (Å²) in [5.74, 6) is 0.0122. The van der Waals surface area contributed by atoms with Crippen LogP contribution in [0.15, 0.2) is 24.3 Å². The van der Waals surface area contributed by atoms with E-state index in [0.717, 1.165) is 5.56 Å². The highest BCUT2D eigenvalue weighted by Crippen LogP contribution is 2.25. The van der Waals surface area contributed by atoms with E-state index in [-0.39, 0.29) is 5.91 Å². The molecule has 3 nitrogen and oxygen atoms in total. The summed E-state index contributed by atoms with van der Waals surface area (Å²) in [7, 11) is 0. The number of likely N-dealkylation sites (tertiary alicyclic amines) is 1. The lowest BCUT2D eigenvalue weighted by atomic mass is 9.90.